The van der Waals surface area contributed by atoms with E-state index in [1.165, 1.54) is 17.0 Å². The molecule has 0 saturated heterocycles. The second-order valence-electron chi connectivity index (χ2n) is 5.20. The normalized spacial score (nSPS) is 26.5. The maximum atomic E-state index is 6.15. The fourth-order valence-corrected chi connectivity index (χ4v) is 3.83. The number of hydrogen-bond donors (Lipinski definition) is 1. The smallest absolute Gasteiger partial charge is 0.110 e. The molecule has 3 heteroatoms. The van der Waals surface area contributed by atoms with Crippen LogP contribution < -0.4 is 5.73 Å². The van der Waals surface area contributed by atoms with E-state index in [1.54, 1.807) is 0 Å². The Labute approximate surface area is 102 Å². The zero-order valence-electron chi connectivity index (χ0n) is 10.5. The highest BCUT2D eigenvalue weighted by molar-refractivity contribution is 7.12. The molecule has 1 aliphatic carbocycles. The number of fused-ring (bicyclic) bond motifs is 1. The Balaban J connectivity index is 2.22. The summed E-state index contributed by atoms with van der Waals surface area (Å²) < 4.78 is 0. The van der Waals surface area contributed by atoms with Crippen LogP contribution in [0.25, 0.3) is 0 Å². The maximum absolute atomic E-state index is 6.15. The summed E-state index contributed by atoms with van der Waals surface area (Å²) in [5.41, 5.74) is 7.48. The van der Waals surface area contributed by atoms with Crippen LogP contribution in [0.2, 0.25) is 0 Å². The van der Waals surface area contributed by atoms with E-state index in [1.807, 2.05) is 11.3 Å². The molecule has 0 saturated carbocycles. The summed E-state index contributed by atoms with van der Waals surface area (Å²) in [5, 5.41) is 1.16. The van der Waals surface area contributed by atoms with Gasteiger partial charge in [0.05, 0.1) is 11.7 Å². The fourth-order valence-electron chi connectivity index (χ4n) is 2.63. The molecule has 0 spiro atoms. The first-order valence-corrected chi connectivity index (χ1v) is 7.18. The quantitative estimate of drug-likeness (QED) is 0.873. The second-order valence-corrected chi connectivity index (χ2v) is 6.27. The number of hydrogen-bond acceptors (Lipinski definition) is 3. The van der Waals surface area contributed by atoms with Gasteiger partial charge in [0.25, 0.3) is 0 Å². The molecule has 0 fully saturated rings. The Morgan fingerprint density at radius 3 is 2.94 bits per heavy atom. The highest BCUT2D eigenvalue weighted by Crippen LogP contribution is 2.39. The van der Waals surface area contributed by atoms with Gasteiger partial charge in [0, 0.05) is 4.88 Å². The van der Waals surface area contributed by atoms with Crippen molar-refractivity contribution in [2.75, 3.05) is 0 Å². The van der Waals surface area contributed by atoms with Crippen molar-refractivity contribution in [2.45, 2.75) is 58.4 Å². The predicted molar refractivity (Wildman–Crippen MR) is 69.9 cm³/mol. The first-order valence-electron chi connectivity index (χ1n) is 6.36. The minimum absolute atomic E-state index is 0.156. The van der Waals surface area contributed by atoms with Gasteiger partial charge in [-0.1, -0.05) is 27.2 Å². The lowest BCUT2D eigenvalue weighted by Crippen LogP contribution is -2.13. The van der Waals surface area contributed by atoms with E-state index in [9.17, 15) is 0 Å². The Bertz CT molecular complexity index is 359. The summed E-state index contributed by atoms with van der Waals surface area (Å²) in [6, 6.07) is 0.156. The molecule has 0 amide bonds. The highest BCUT2D eigenvalue weighted by Gasteiger charge is 2.26. The minimum atomic E-state index is 0.156. The molecule has 1 heterocycles. The van der Waals surface area contributed by atoms with Crippen LogP contribution >= 0.6 is 11.3 Å². The molecule has 3 atom stereocenters. The highest BCUT2D eigenvalue weighted by atomic mass is 32.1. The Kier molecular flexibility index (Phi) is 3.65. The number of thiazole rings is 1. The van der Waals surface area contributed by atoms with Crippen LogP contribution in [0, 0.1) is 5.92 Å². The SMILES string of the molecule is CCCC(N)c1nc2c(s1)C(C)CC(C)C2. The lowest BCUT2D eigenvalue weighted by Gasteiger charge is -2.22. The summed E-state index contributed by atoms with van der Waals surface area (Å²) in [6.45, 7) is 6.82. The van der Waals surface area contributed by atoms with Gasteiger partial charge in [-0.25, -0.2) is 4.98 Å². The van der Waals surface area contributed by atoms with Crippen molar-refractivity contribution < 1.29 is 0 Å². The van der Waals surface area contributed by atoms with Gasteiger partial charge in [-0.2, -0.15) is 0 Å². The number of aromatic nitrogens is 1. The van der Waals surface area contributed by atoms with Crippen LogP contribution in [-0.4, -0.2) is 4.98 Å². The predicted octanol–water partition coefficient (Wildman–Crippen LogP) is 3.63. The summed E-state index contributed by atoms with van der Waals surface area (Å²) >= 11 is 1.86. The molecule has 16 heavy (non-hydrogen) atoms. The number of nitrogens with zero attached hydrogens (tertiary/aromatic N) is 1. The molecule has 90 valence electrons. The molecule has 1 aromatic heterocycles. The summed E-state index contributed by atoms with van der Waals surface area (Å²) in [7, 11) is 0. The van der Waals surface area contributed by atoms with Gasteiger partial charge < -0.3 is 5.73 Å². The van der Waals surface area contributed by atoms with Crippen molar-refractivity contribution in [1.82, 2.24) is 4.98 Å². The van der Waals surface area contributed by atoms with Crippen molar-refractivity contribution in [2.24, 2.45) is 11.7 Å². The van der Waals surface area contributed by atoms with Crippen LogP contribution in [0.15, 0.2) is 0 Å². The van der Waals surface area contributed by atoms with Gasteiger partial charge >= 0.3 is 0 Å². The van der Waals surface area contributed by atoms with E-state index >= 15 is 0 Å². The van der Waals surface area contributed by atoms with E-state index in [2.05, 4.69) is 20.8 Å². The first kappa shape index (κ1) is 12.1. The second kappa shape index (κ2) is 4.84. The van der Waals surface area contributed by atoms with Crippen LogP contribution in [0.1, 0.15) is 67.6 Å². The molecule has 0 bridgehead atoms. The van der Waals surface area contributed by atoms with Crippen LogP contribution in [0.5, 0.6) is 0 Å². The molecule has 0 aliphatic heterocycles. The largest absolute Gasteiger partial charge is 0.322 e. The third-order valence-corrected chi connectivity index (χ3v) is 4.87. The van der Waals surface area contributed by atoms with Gasteiger partial charge in [0.1, 0.15) is 5.01 Å². The average Bonchev–Trinajstić information content (AvgIpc) is 2.62. The Morgan fingerprint density at radius 2 is 2.25 bits per heavy atom. The lowest BCUT2D eigenvalue weighted by atomic mass is 9.86. The zero-order chi connectivity index (χ0) is 11.7. The van der Waals surface area contributed by atoms with Gasteiger partial charge in [-0.15, -0.1) is 11.3 Å². The van der Waals surface area contributed by atoms with Gasteiger partial charge in [-0.3, -0.25) is 0 Å². The molecule has 0 aromatic carbocycles. The average molecular weight is 238 g/mol. The van der Waals surface area contributed by atoms with Crippen molar-refractivity contribution in [3.8, 4) is 0 Å². The van der Waals surface area contributed by atoms with Crippen molar-refractivity contribution >= 4 is 11.3 Å². The van der Waals surface area contributed by atoms with Gasteiger partial charge in [-0.05, 0) is 31.1 Å². The summed E-state index contributed by atoms with van der Waals surface area (Å²) in [5.74, 6) is 1.46. The van der Waals surface area contributed by atoms with Crippen molar-refractivity contribution in [1.29, 1.82) is 0 Å². The third-order valence-electron chi connectivity index (χ3n) is 3.41. The molecule has 1 aromatic rings. The number of rotatable bonds is 3. The molecule has 2 rings (SSSR count). The van der Waals surface area contributed by atoms with E-state index in [-0.39, 0.29) is 6.04 Å². The summed E-state index contributed by atoms with van der Waals surface area (Å²) in [6.07, 6.45) is 4.64. The zero-order valence-corrected chi connectivity index (χ0v) is 11.3. The lowest BCUT2D eigenvalue weighted by molar-refractivity contribution is 0.449. The van der Waals surface area contributed by atoms with E-state index in [0.717, 1.165) is 30.2 Å². The molecule has 1 aliphatic rings. The Morgan fingerprint density at radius 1 is 1.50 bits per heavy atom. The van der Waals surface area contributed by atoms with Crippen molar-refractivity contribution in [3.05, 3.63) is 15.6 Å². The van der Waals surface area contributed by atoms with Gasteiger partial charge in [0.15, 0.2) is 0 Å². The van der Waals surface area contributed by atoms with E-state index in [0.29, 0.717) is 5.92 Å². The van der Waals surface area contributed by atoms with E-state index < -0.39 is 0 Å². The third kappa shape index (κ3) is 2.30. The molecule has 3 unspecified atom stereocenters. The van der Waals surface area contributed by atoms with Crippen molar-refractivity contribution in [3.63, 3.8) is 0 Å². The molecular formula is C13H22N2S. The minimum Gasteiger partial charge on any atom is -0.322 e. The summed E-state index contributed by atoms with van der Waals surface area (Å²) in [4.78, 5) is 6.26. The van der Waals surface area contributed by atoms with Crippen LogP contribution in [-0.2, 0) is 6.42 Å². The standard InChI is InChI=1S/C13H22N2S/c1-4-5-10(14)13-15-11-7-8(2)6-9(3)12(11)16-13/h8-10H,4-7,14H2,1-3H3. The molecule has 2 N–H and O–H groups in total. The monoisotopic (exact) mass is 238 g/mol. The molecule has 2 nitrogen and oxygen atoms in total. The maximum Gasteiger partial charge on any atom is 0.110 e. The topological polar surface area (TPSA) is 38.9 Å². The van der Waals surface area contributed by atoms with Gasteiger partial charge in [0.2, 0.25) is 0 Å². The van der Waals surface area contributed by atoms with Crippen LogP contribution in [0.4, 0.5) is 0 Å². The first-order chi connectivity index (χ1) is 7.61. The number of nitrogens with two attached hydrogens (primary N) is 1. The fraction of sp³-hybridized carbons (Fsp3) is 0.769. The molecular weight excluding hydrogens is 216 g/mol. The Hall–Kier alpha value is -0.410. The van der Waals surface area contributed by atoms with E-state index in [4.69, 9.17) is 10.7 Å². The molecule has 0 radical (unpaired) electrons. The van der Waals surface area contributed by atoms with Crippen LogP contribution in [0.3, 0.4) is 0 Å².